The lowest BCUT2D eigenvalue weighted by molar-refractivity contribution is -0.162. The third kappa shape index (κ3) is 1.77. The Hall–Kier alpha value is -0.900. The number of cyclic esters (lactones) is 1. The number of aldehydes is 1. The van der Waals surface area contributed by atoms with Crippen molar-refractivity contribution in [1.82, 2.24) is 0 Å². The van der Waals surface area contributed by atoms with Gasteiger partial charge >= 0.3 is 5.97 Å². The molecular weight excluding hydrogens is 148 g/mol. The first-order chi connectivity index (χ1) is 5.27. The molecule has 0 aromatic carbocycles. The number of hydrogen-bond acceptors (Lipinski definition) is 4. The van der Waals surface area contributed by atoms with E-state index in [-0.39, 0.29) is 0 Å². The van der Waals surface area contributed by atoms with Gasteiger partial charge in [-0.1, -0.05) is 0 Å². The number of carbonyl (C=O) groups is 2. The minimum atomic E-state index is -0.619. The fourth-order valence-corrected chi connectivity index (χ4v) is 0.968. The van der Waals surface area contributed by atoms with E-state index in [0.717, 1.165) is 0 Å². The molecule has 2 atom stereocenters. The summed E-state index contributed by atoms with van der Waals surface area (Å²) in [6.07, 6.45) is 0.444. The summed E-state index contributed by atoms with van der Waals surface area (Å²) in [5.41, 5.74) is 0. The standard InChI is InChI=1S/C7H10O4/c1-2-10-6-3-5(4-8)7(9)11-6/h4-6H,2-3H2,1H3/t5-,6-/m0/s1. The van der Waals surface area contributed by atoms with E-state index in [4.69, 9.17) is 9.47 Å². The van der Waals surface area contributed by atoms with E-state index in [9.17, 15) is 9.59 Å². The zero-order chi connectivity index (χ0) is 8.27. The first-order valence-electron chi connectivity index (χ1n) is 3.55. The molecule has 4 heteroatoms. The van der Waals surface area contributed by atoms with Crippen molar-refractivity contribution in [1.29, 1.82) is 0 Å². The number of hydrogen-bond donors (Lipinski definition) is 0. The zero-order valence-corrected chi connectivity index (χ0v) is 6.28. The van der Waals surface area contributed by atoms with Crippen LogP contribution in [-0.4, -0.2) is 25.2 Å². The Morgan fingerprint density at radius 2 is 2.55 bits per heavy atom. The molecule has 1 saturated heterocycles. The lowest BCUT2D eigenvalue weighted by Crippen LogP contribution is -2.10. The Balaban J connectivity index is 2.42. The Morgan fingerprint density at radius 3 is 3.00 bits per heavy atom. The minimum absolute atomic E-state index is 0.357. The van der Waals surface area contributed by atoms with Crippen molar-refractivity contribution in [2.45, 2.75) is 19.6 Å². The van der Waals surface area contributed by atoms with Crippen LogP contribution in [-0.2, 0) is 19.1 Å². The van der Waals surface area contributed by atoms with Gasteiger partial charge in [0, 0.05) is 13.0 Å². The van der Waals surface area contributed by atoms with Crippen molar-refractivity contribution in [3.8, 4) is 0 Å². The van der Waals surface area contributed by atoms with Gasteiger partial charge < -0.3 is 14.3 Å². The first-order valence-corrected chi connectivity index (χ1v) is 3.55. The van der Waals surface area contributed by atoms with Crippen LogP contribution in [0.3, 0.4) is 0 Å². The Bertz CT molecular complexity index is 166. The SMILES string of the molecule is CCO[C@@H]1C[C@@H](C=O)C(=O)O1. The fourth-order valence-electron chi connectivity index (χ4n) is 0.968. The lowest BCUT2D eigenvalue weighted by Gasteiger charge is -2.06. The summed E-state index contributed by atoms with van der Waals surface area (Å²) in [5.74, 6) is -1.09. The molecule has 62 valence electrons. The van der Waals surface area contributed by atoms with E-state index >= 15 is 0 Å². The molecule has 11 heavy (non-hydrogen) atoms. The van der Waals surface area contributed by atoms with Gasteiger partial charge in [-0.2, -0.15) is 0 Å². The number of ether oxygens (including phenoxy) is 2. The highest BCUT2D eigenvalue weighted by molar-refractivity contribution is 5.89. The molecule has 0 amide bonds. The number of carbonyl (C=O) groups excluding carboxylic acids is 2. The molecule has 1 aliphatic heterocycles. The molecule has 1 rings (SSSR count). The molecular formula is C7H10O4. The molecule has 1 fully saturated rings. The third-order valence-corrected chi connectivity index (χ3v) is 1.51. The predicted molar refractivity (Wildman–Crippen MR) is 35.7 cm³/mol. The molecule has 0 unspecified atom stereocenters. The van der Waals surface area contributed by atoms with Crippen LogP contribution in [0.2, 0.25) is 0 Å². The van der Waals surface area contributed by atoms with Gasteiger partial charge in [-0.15, -0.1) is 0 Å². The van der Waals surface area contributed by atoms with E-state index in [0.29, 0.717) is 19.3 Å². The van der Waals surface area contributed by atoms with Crippen molar-refractivity contribution in [2.75, 3.05) is 6.61 Å². The Kier molecular flexibility index (Phi) is 2.59. The molecule has 0 bridgehead atoms. The molecule has 0 spiro atoms. The van der Waals surface area contributed by atoms with Crippen LogP contribution in [0.4, 0.5) is 0 Å². The van der Waals surface area contributed by atoms with Gasteiger partial charge in [0.2, 0.25) is 6.29 Å². The molecule has 0 N–H and O–H groups in total. The third-order valence-electron chi connectivity index (χ3n) is 1.51. The quantitative estimate of drug-likeness (QED) is 0.332. The molecule has 1 aliphatic rings. The highest BCUT2D eigenvalue weighted by Crippen LogP contribution is 2.19. The van der Waals surface area contributed by atoms with Crippen LogP contribution in [0.1, 0.15) is 13.3 Å². The monoisotopic (exact) mass is 158 g/mol. The Morgan fingerprint density at radius 1 is 1.82 bits per heavy atom. The summed E-state index contributed by atoms with van der Waals surface area (Å²) in [4.78, 5) is 21.0. The van der Waals surface area contributed by atoms with E-state index in [1.165, 1.54) is 0 Å². The van der Waals surface area contributed by atoms with Gasteiger partial charge in [0.25, 0.3) is 0 Å². The first kappa shape index (κ1) is 8.20. The summed E-state index contributed by atoms with van der Waals surface area (Å²) in [5, 5.41) is 0. The second-order valence-electron chi connectivity index (χ2n) is 2.30. The van der Waals surface area contributed by atoms with Crippen molar-refractivity contribution in [3.05, 3.63) is 0 Å². The summed E-state index contributed by atoms with van der Waals surface area (Å²) >= 11 is 0. The predicted octanol–water partition coefficient (Wildman–Crippen LogP) is 0.111. The van der Waals surface area contributed by atoms with Crippen LogP contribution in [0.15, 0.2) is 0 Å². The molecule has 0 aromatic rings. The van der Waals surface area contributed by atoms with Crippen LogP contribution in [0.5, 0.6) is 0 Å². The molecule has 4 nitrogen and oxygen atoms in total. The van der Waals surface area contributed by atoms with Crippen molar-refractivity contribution < 1.29 is 19.1 Å². The van der Waals surface area contributed by atoms with Gasteiger partial charge in [-0.25, -0.2) is 0 Å². The lowest BCUT2D eigenvalue weighted by atomic mass is 10.1. The van der Waals surface area contributed by atoms with Gasteiger partial charge in [0.05, 0.1) is 0 Å². The topological polar surface area (TPSA) is 52.6 Å². The molecule has 1 heterocycles. The maximum Gasteiger partial charge on any atom is 0.318 e. The normalized spacial score (nSPS) is 30.1. The summed E-state index contributed by atoms with van der Waals surface area (Å²) < 4.78 is 9.72. The van der Waals surface area contributed by atoms with Crippen molar-refractivity contribution in [2.24, 2.45) is 5.92 Å². The molecule has 0 radical (unpaired) electrons. The number of esters is 1. The van der Waals surface area contributed by atoms with Gasteiger partial charge in [0.1, 0.15) is 12.2 Å². The van der Waals surface area contributed by atoms with Crippen molar-refractivity contribution >= 4 is 12.3 Å². The van der Waals surface area contributed by atoms with Crippen LogP contribution < -0.4 is 0 Å². The van der Waals surface area contributed by atoms with Gasteiger partial charge in [-0.3, -0.25) is 4.79 Å². The second kappa shape index (κ2) is 3.48. The highest BCUT2D eigenvalue weighted by Gasteiger charge is 2.34. The second-order valence-corrected chi connectivity index (χ2v) is 2.30. The van der Waals surface area contributed by atoms with Gasteiger partial charge in [-0.05, 0) is 6.92 Å². The molecule has 0 saturated carbocycles. The maximum atomic E-state index is 10.8. The molecule has 0 aliphatic carbocycles. The van der Waals surface area contributed by atoms with Crippen LogP contribution in [0.25, 0.3) is 0 Å². The largest absolute Gasteiger partial charge is 0.435 e. The summed E-state index contributed by atoms with van der Waals surface area (Å²) in [6.45, 7) is 2.30. The van der Waals surface area contributed by atoms with E-state index in [2.05, 4.69) is 0 Å². The van der Waals surface area contributed by atoms with Crippen LogP contribution in [0, 0.1) is 5.92 Å². The van der Waals surface area contributed by atoms with E-state index in [1.807, 2.05) is 6.92 Å². The Labute approximate surface area is 64.5 Å². The highest BCUT2D eigenvalue weighted by atomic mass is 16.7. The van der Waals surface area contributed by atoms with E-state index < -0.39 is 18.2 Å². The average Bonchev–Trinajstić information content (AvgIpc) is 2.32. The summed E-state index contributed by atoms with van der Waals surface area (Å²) in [7, 11) is 0. The van der Waals surface area contributed by atoms with Crippen LogP contribution >= 0.6 is 0 Å². The molecule has 0 aromatic heterocycles. The zero-order valence-electron chi connectivity index (χ0n) is 6.28. The fraction of sp³-hybridized carbons (Fsp3) is 0.714. The number of rotatable bonds is 3. The van der Waals surface area contributed by atoms with Gasteiger partial charge in [0.15, 0.2) is 0 Å². The smallest absolute Gasteiger partial charge is 0.318 e. The maximum absolute atomic E-state index is 10.8. The minimum Gasteiger partial charge on any atom is -0.435 e. The average molecular weight is 158 g/mol. The summed E-state index contributed by atoms with van der Waals surface area (Å²) in [6, 6.07) is 0. The van der Waals surface area contributed by atoms with Crippen molar-refractivity contribution in [3.63, 3.8) is 0 Å². The van der Waals surface area contributed by atoms with E-state index in [1.54, 1.807) is 0 Å².